The molecule has 1 aliphatic heterocycles. The zero-order chi connectivity index (χ0) is 5.11. The second-order valence-electron chi connectivity index (χ2n) is 1.75. The smallest absolute Gasteiger partial charge is 0.158 e. The summed E-state index contributed by atoms with van der Waals surface area (Å²) < 4.78 is 0. The second-order valence-corrected chi connectivity index (χ2v) is 1.75. The van der Waals surface area contributed by atoms with Crippen LogP contribution in [0, 0.1) is 0 Å². The van der Waals surface area contributed by atoms with Crippen LogP contribution in [-0.4, -0.2) is 20.0 Å². The van der Waals surface area contributed by atoms with Crippen LogP contribution in [0.4, 0.5) is 0 Å². The SMILES string of the molecule is BC1=NCC=CC1. The molecule has 0 aromatic rings. The van der Waals surface area contributed by atoms with Crippen molar-refractivity contribution in [1.82, 2.24) is 0 Å². The molecule has 0 aromatic carbocycles. The van der Waals surface area contributed by atoms with Crippen molar-refractivity contribution in [3.05, 3.63) is 12.2 Å². The highest BCUT2D eigenvalue weighted by molar-refractivity contribution is 6.60. The van der Waals surface area contributed by atoms with E-state index < -0.39 is 0 Å². The molecule has 2 heteroatoms. The third-order valence-corrected chi connectivity index (χ3v) is 1.05. The van der Waals surface area contributed by atoms with Crippen LogP contribution in [0.5, 0.6) is 0 Å². The molecule has 1 heterocycles. The van der Waals surface area contributed by atoms with Gasteiger partial charge in [-0.2, -0.15) is 0 Å². The molecule has 0 radical (unpaired) electrons. The van der Waals surface area contributed by atoms with Crippen LogP contribution < -0.4 is 0 Å². The fraction of sp³-hybridized carbons (Fsp3) is 0.400. The van der Waals surface area contributed by atoms with E-state index in [1.54, 1.807) is 0 Å². The van der Waals surface area contributed by atoms with Crippen molar-refractivity contribution in [2.45, 2.75) is 6.42 Å². The molecule has 0 saturated carbocycles. The maximum Gasteiger partial charge on any atom is 0.158 e. The molecule has 0 saturated heterocycles. The number of hydrogen-bond acceptors (Lipinski definition) is 1. The van der Waals surface area contributed by atoms with Gasteiger partial charge in [-0.15, -0.1) is 0 Å². The molecular formula is C5H8BN. The summed E-state index contributed by atoms with van der Waals surface area (Å²) >= 11 is 0. The Morgan fingerprint density at radius 1 is 1.57 bits per heavy atom. The fourth-order valence-electron chi connectivity index (χ4n) is 0.602. The molecule has 36 valence electrons. The van der Waals surface area contributed by atoms with Crippen LogP contribution in [0.1, 0.15) is 6.42 Å². The van der Waals surface area contributed by atoms with Gasteiger partial charge in [0.2, 0.25) is 0 Å². The average Bonchev–Trinajstić information content (AvgIpc) is 1.69. The largest absolute Gasteiger partial charge is 0.300 e. The highest BCUT2D eigenvalue weighted by atomic mass is 14.7. The summed E-state index contributed by atoms with van der Waals surface area (Å²) in [6.07, 6.45) is 5.30. The predicted molar refractivity (Wildman–Crippen MR) is 34.6 cm³/mol. The molecule has 0 bridgehead atoms. The lowest BCUT2D eigenvalue weighted by Crippen LogP contribution is -1.99. The topological polar surface area (TPSA) is 12.4 Å². The number of dihydropyridines is 1. The third-order valence-electron chi connectivity index (χ3n) is 1.05. The van der Waals surface area contributed by atoms with Crippen LogP contribution in [0.15, 0.2) is 17.1 Å². The number of aliphatic imine (C=N–C) groups is 1. The van der Waals surface area contributed by atoms with Gasteiger partial charge >= 0.3 is 0 Å². The summed E-state index contributed by atoms with van der Waals surface area (Å²) in [6, 6.07) is 0. The minimum absolute atomic E-state index is 0.895. The first-order valence-electron chi connectivity index (χ1n) is 2.54. The Hall–Kier alpha value is -0.525. The van der Waals surface area contributed by atoms with Crippen molar-refractivity contribution < 1.29 is 0 Å². The van der Waals surface area contributed by atoms with Gasteiger partial charge in [0.05, 0.1) is 6.54 Å². The van der Waals surface area contributed by atoms with Crippen LogP contribution >= 0.6 is 0 Å². The number of nitrogens with zero attached hydrogens (tertiary/aromatic N) is 1. The van der Waals surface area contributed by atoms with Crippen LogP contribution in [0.25, 0.3) is 0 Å². The van der Waals surface area contributed by atoms with Crippen molar-refractivity contribution >= 4 is 13.5 Å². The predicted octanol–water partition coefficient (Wildman–Crippen LogP) is -0.0221. The second kappa shape index (κ2) is 1.96. The van der Waals surface area contributed by atoms with E-state index in [-0.39, 0.29) is 0 Å². The molecular weight excluding hydrogens is 84.9 g/mol. The van der Waals surface area contributed by atoms with Gasteiger partial charge in [-0.3, -0.25) is 0 Å². The summed E-state index contributed by atoms with van der Waals surface area (Å²) in [4.78, 5) is 4.16. The maximum absolute atomic E-state index is 4.16. The lowest BCUT2D eigenvalue weighted by Gasteiger charge is -1.97. The van der Waals surface area contributed by atoms with Gasteiger partial charge in [0.15, 0.2) is 7.85 Å². The van der Waals surface area contributed by atoms with Crippen molar-refractivity contribution in [3.8, 4) is 0 Å². The molecule has 0 aromatic heterocycles. The number of allylic oxidation sites excluding steroid dienone is 1. The first kappa shape index (κ1) is 4.63. The summed E-state index contributed by atoms with van der Waals surface area (Å²) in [6.45, 7) is 0.895. The maximum atomic E-state index is 4.16. The van der Waals surface area contributed by atoms with E-state index in [1.807, 2.05) is 0 Å². The molecule has 0 fully saturated rings. The van der Waals surface area contributed by atoms with E-state index in [9.17, 15) is 0 Å². The summed E-state index contributed by atoms with van der Waals surface area (Å²) in [5, 5.41) is 0. The quantitative estimate of drug-likeness (QED) is 0.294. The zero-order valence-corrected chi connectivity index (χ0v) is 4.52. The normalized spacial score (nSPS) is 19.1. The summed E-state index contributed by atoms with van der Waals surface area (Å²) in [5.74, 6) is 0. The first-order valence-corrected chi connectivity index (χ1v) is 2.54. The minimum atomic E-state index is 0.895. The molecule has 1 rings (SSSR count). The first-order chi connectivity index (χ1) is 3.39. The van der Waals surface area contributed by atoms with Crippen molar-refractivity contribution in [3.63, 3.8) is 0 Å². The highest BCUT2D eigenvalue weighted by Gasteiger charge is 1.88. The van der Waals surface area contributed by atoms with Gasteiger partial charge in [0.25, 0.3) is 0 Å². The van der Waals surface area contributed by atoms with Gasteiger partial charge in [-0.05, 0) is 12.0 Å². The van der Waals surface area contributed by atoms with Gasteiger partial charge in [0.1, 0.15) is 0 Å². The van der Waals surface area contributed by atoms with Crippen molar-refractivity contribution in [2.75, 3.05) is 6.54 Å². The van der Waals surface area contributed by atoms with Gasteiger partial charge < -0.3 is 4.99 Å². The van der Waals surface area contributed by atoms with E-state index in [4.69, 9.17) is 0 Å². The van der Waals surface area contributed by atoms with E-state index >= 15 is 0 Å². The minimum Gasteiger partial charge on any atom is -0.300 e. The standard InChI is InChI=1S/C5H8BN/c6-5-3-1-2-4-7-5/h1-2H,3-4,6H2. The average molecular weight is 92.9 g/mol. The Labute approximate surface area is 44.6 Å². The number of rotatable bonds is 0. The van der Waals surface area contributed by atoms with Gasteiger partial charge in [0, 0.05) is 0 Å². The van der Waals surface area contributed by atoms with Crippen LogP contribution in [0.2, 0.25) is 0 Å². The van der Waals surface area contributed by atoms with Crippen LogP contribution in [0.3, 0.4) is 0 Å². The highest BCUT2D eigenvalue weighted by Crippen LogP contribution is 1.92. The number of hydrogen-bond donors (Lipinski definition) is 0. The van der Waals surface area contributed by atoms with Gasteiger partial charge in [-0.1, -0.05) is 12.2 Å². The van der Waals surface area contributed by atoms with Crippen LogP contribution in [-0.2, 0) is 0 Å². The summed E-state index contributed by atoms with van der Waals surface area (Å²) in [5.41, 5.74) is 1.25. The Morgan fingerprint density at radius 2 is 2.43 bits per heavy atom. The van der Waals surface area contributed by atoms with Crippen molar-refractivity contribution in [2.24, 2.45) is 4.99 Å². The van der Waals surface area contributed by atoms with E-state index in [0.29, 0.717) is 0 Å². The monoisotopic (exact) mass is 93.1 g/mol. The molecule has 1 nitrogen and oxygen atoms in total. The van der Waals surface area contributed by atoms with Gasteiger partial charge in [-0.25, -0.2) is 0 Å². The summed E-state index contributed by atoms with van der Waals surface area (Å²) in [7, 11) is 2.06. The molecule has 0 atom stereocenters. The lowest BCUT2D eigenvalue weighted by atomic mass is 9.96. The zero-order valence-electron chi connectivity index (χ0n) is 4.52. The molecule has 0 unspecified atom stereocenters. The van der Waals surface area contributed by atoms with E-state index in [2.05, 4.69) is 25.0 Å². The molecule has 0 aliphatic carbocycles. The molecule has 7 heavy (non-hydrogen) atoms. The molecule has 0 N–H and O–H groups in total. The molecule has 0 spiro atoms. The van der Waals surface area contributed by atoms with E-state index in [0.717, 1.165) is 13.0 Å². The Bertz CT molecular complexity index is 115. The molecule has 1 aliphatic rings. The lowest BCUT2D eigenvalue weighted by molar-refractivity contribution is 1.18. The van der Waals surface area contributed by atoms with Crippen molar-refractivity contribution in [1.29, 1.82) is 0 Å². The Morgan fingerprint density at radius 3 is 2.71 bits per heavy atom. The fourth-order valence-corrected chi connectivity index (χ4v) is 0.602. The third kappa shape index (κ3) is 1.18. The van der Waals surface area contributed by atoms with E-state index in [1.165, 1.54) is 5.61 Å². The Kier molecular flexibility index (Phi) is 1.30. The molecule has 0 amide bonds. The Balaban J connectivity index is 2.50.